The number of carbonyl (C=O) groups is 1. The number of hydrogen-bond acceptors (Lipinski definition) is 2. The van der Waals surface area contributed by atoms with Crippen molar-refractivity contribution in [1.29, 1.82) is 0 Å². The molecule has 0 bridgehead atoms. The fraction of sp³-hybridized carbons (Fsp3) is 0.278. The molecule has 1 fully saturated rings. The SMILES string of the molecule is O=C1c2ccc(Cl)cc2C2CN(Cc3ccccc3)CC12. The number of ketones is 1. The lowest BCUT2D eigenvalue weighted by Crippen LogP contribution is -2.23. The highest BCUT2D eigenvalue weighted by atomic mass is 35.5. The van der Waals surface area contributed by atoms with E-state index in [0.29, 0.717) is 11.7 Å². The Bertz CT molecular complexity index is 698. The molecule has 1 saturated heterocycles. The second kappa shape index (κ2) is 4.97. The van der Waals surface area contributed by atoms with Gasteiger partial charge < -0.3 is 0 Å². The summed E-state index contributed by atoms with van der Waals surface area (Å²) in [4.78, 5) is 14.9. The molecule has 106 valence electrons. The minimum absolute atomic E-state index is 0.113. The van der Waals surface area contributed by atoms with Crippen LogP contribution in [-0.2, 0) is 6.54 Å². The van der Waals surface area contributed by atoms with Crippen molar-refractivity contribution in [2.24, 2.45) is 5.92 Å². The lowest BCUT2D eigenvalue weighted by atomic mass is 9.96. The number of Topliss-reactive ketones (excluding diaryl/α,β-unsaturated/α-hetero) is 1. The van der Waals surface area contributed by atoms with E-state index in [1.807, 2.05) is 24.3 Å². The second-order valence-corrected chi connectivity index (χ2v) is 6.42. The first-order valence-electron chi connectivity index (χ1n) is 7.32. The summed E-state index contributed by atoms with van der Waals surface area (Å²) in [6.07, 6.45) is 0. The first-order chi connectivity index (χ1) is 10.2. The molecule has 2 aromatic carbocycles. The molecule has 2 aromatic rings. The maximum Gasteiger partial charge on any atom is 0.168 e. The standard InChI is InChI=1S/C18H16ClNO/c19-13-6-7-14-15(8-13)16-10-20(11-17(16)18(14)21)9-12-4-2-1-3-5-12/h1-8,16-17H,9-11H2. The Kier molecular flexibility index (Phi) is 3.09. The molecular formula is C18H16ClNO. The van der Waals surface area contributed by atoms with Crippen LogP contribution in [0.3, 0.4) is 0 Å². The van der Waals surface area contributed by atoms with Crippen LogP contribution >= 0.6 is 11.6 Å². The summed E-state index contributed by atoms with van der Waals surface area (Å²) in [7, 11) is 0. The smallest absolute Gasteiger partial charge is 0.168 e. The Labute approximate surface area is 129 Å². The Balaban J connectivity index is 1.58. The zero-order chi connectivity index (χ0) is 14.4. The number of fused-ring (bicyclic) bond motifs is 3. The monoisotopic (exact) mass is 297 g/mol. The minimum Gasteiger partial charge on any atom is -0.298 e. The van der Waals surface area contributed by atoms with Gasteiger partial charge in [0, 0.05) is 42.1 Å². The van der Waals surface area contributed by atoms with Gasteiger partial charge in [0.15, 0.2) is 5.78 Å². The average Bonchev–Trinajstić information content (AvgIpc) is 3.00. The van der Waals surface area contributed by atoms with Crippen LogP contribution in [0, 0.1) is 5.92 Å². The van der Waals surface area contributed by atoms with E-state index in [2.05, 4.69) is 29.2 Å². The Morgan fingerprint density at radius 3 is 2.62 bits per heavy atom. The second-order valence-electron chi connectivity index (χ2n) is 5.99. The molecule has 0 saturated carbocycles. The molecule has 2 atom stereocenters. The highest BCUT2D eigenvalue weighted by Crippen LogP contribution is 2.44. The summed E-state index contributed by atoms with van der Waals surface area (Å²) in [5.41, 5.74) is 3.33. The van der Waals surface area contributed by atoms with Gasteiger partial charge in [-0.3, -0.25) is 9.69 Å². The van der Waals surface area contributed by atoms with Crippen LogP contribution in [0.1, 0.15) is 27.4 Å². The summed E-state index contributed by atoms with van der Waals surface area (Å²) in [6.45, 7) is 2.71. The third kappa shape index (κ3) is 2.19. The van der Waals surface area contributed by atoms with E-state index in [9.17, 15) is 4.79 Å². The van der Waals surface area contributed by atoms with Gasteiger partial charge in [0.1, 0.15) is 0 Å². The van der Waals surface area contributed by atoms with Gasteiger partial charge >= 0.3 is 0 Å². The maximum absolute atomic E-state index is 12.5. The largest absolute Gasteiger partial charge is 0.298 e. The van der Waals surface area contributed by atoms with Crippen LogP contribution in [0.4, 0.5) is 0 Å². The van der Waals surface area contributed by atoms with Gasteiger partial charge in [-0.1, -0.05) is 41.9 Å². The molecule has 0 radical (unpaired) electrons. The van der Waals surface area contributed by atoms with Crippen molar-refractivity contribution in [1.82, 2.24) is 4.90 Å². The van der Waals surface area contributed by atoms with Crippen LogP contribution in [-0.4, -0.2) is 23.8 Å². The van der Waals surface area contributed by atoms with E-state index < -0.39 is 0 Å². The Morgan fingerprint density at radius 2 is 1.81 bits per heavy atom. The van der Waals surface area contributed by atoms with Crippen molar-refractivity contribution in [3.63, 3.8) is 0 Å². The number of halogens is 1. The zero-order valence-electron chi connectivity index (χ0n) is 11.6. The molecule has 2 aliphatic rings. The van der Waals surface area contributed by atoms with Crippen LogP contribution in [0.2, 0.25) is 5.02 Å². The van der Waals surface area contributed by atoms with Gasteiger partial charge in [-0.25, -0.2) is 0 Å². The minimum atomic E-state index is 0.113. The van der Waals surface area contributed by atoms with Gasteiger partial charge in [-0.15, -0.1) is 0 Å². The lowest BCUT2D eigenvalue weighted by molar-refractivity contribution is 0.0931. The summed E-state index contributed by atoms with van der Waals surface area (Å²) in [5.74, 6) is 0.722. The molecule has 1 aliphatic heterocycles. The van der Waals surface area contributed by atoms with Crippen molar-refractivity contribution < 1.29 is 4.79 Å². The number of nitrogens with zero attached hydrogens (tertiary/aromatic N) is 1. The third-order valence-electron chi connectivity index (χ3n) is 4.66. The molecule has 0 aromatic heterocycles. The van der Waals surface area contributed by atoms with Gasteiger partial charge in [-0.05, 0) is 29.3 Å². The van der Waals surface area contributed by atoms with E-state index in [4.69, 9.17) is 11.6 Å². The molecule has 0 N–H and O–H groups in total. The topological polar surface area (TPSA) is 20.3 Å². The summed E-state index contributed by atoms with van der Waals surface area (Å²) < 4.78 is 0. The Hall–Kier alpha value is -1.64. The van der Waals surface area contributed by atoms with E-state index in [-0.39, 0.29) is 5.92 Å². The maximum atomic E-state index is 12.5. The van der Waals surface area contributed by atoms with Gasteiger partial charge in [0.2, 0.25) is 0 Å². The fourth-order valence-corrected chi connectivity index (χ4v) is 3.88. The zero-order valence-corrected chi connectivity index (χ0v) is 12.4. The van der Waals surface area contributed by atoms with E-state index in [1.54, 1.807) is 0 Å². The van der Waals surface area contributed by atoms with Crippen molar-refractivity contribution in [3.8, 4) is 0 Å². The molecule has 2 unspecified atom stereocenters. The van der Waals surface area contributed by atoms with Crippen molar-refractivity contribution in [2.45, 2.75) is 12.5 Å². The number of benzene rings is 2. The highest BCUT2D eigenvalue weighted by Gasteiger charge is 2.45. The first-order valence-corrected chi connectivity index (χ1v) is 7.70. The predicted molar refractivity (Wildman–Crippen MR) is 83.7 cm³/mol. The number of rotatable bonds is 2. The highest BCUT2D eigenvalue weighted by molar-refractivity contribution is 6.30. The normalized spacial score (nSPS) is 24.1. The van der Waals surface area contributed by atoms with Gasteiger partial charge in [-0.2, -0.15) is 0 Å². The summed E-state index contributed by atoms with van der Waals surface area (Å²) in [6, 6.07) is 16.1. The van der Waals surface area contributed by atoms with E-state index in [0.717, 1.165) is 35.8 Å². The van der Waals surface area contributed by atoms with Crippen LogP contribution in [0.25, 0.3) is 0 Å². The average molecular weight is 298 g/mol. The van der Waals surface area contributed by atoms with E-state index >= 15 is 0 Å². The van der Waals surface area contributed by atoms with Crippen LogP contribution in [0.5, 0.6) is 0 Å². The van der Waals surface area contributed by atoms with Gasteiger partial charge in [0.05, 0.1) is 0 Å². The molecule has 0 spiro atoms. The van der Waals surface area contributed by atoms with Gasteiger partial charge in [0.25, 0.3) is 0 Å². The number of likely N-dealkylation sites (tertiary alicyclic amines) is 1. The quantitative estimate of drug-likeness (QED) is 0.841. The lowest BCUT2D eigenvalue weighted by Gasteiger charge is -2.17. The summed E-state index contributed by atoms with van der Waals surface area (Å²) >= 11 is 6.10. The molecule has 0 amide bonds. The van der Waals surface area contributed by atoms with Crippen molar-refractivity contribution in [3.05, 3.63) is 70.2 Å². The summed E-state index contributed by atoms with van der Waals surface area (Å²) in [5, 5.41) is 0.726. The molecule has 21 heavy (non-hydrogen) atoms. The van der Waals surface area contributed by atoms with E-state index in [1.165, 1.54) is 5.56 Å². The molecule has 2 nitrogen and oxygen atoms in total. The van der Waals surface area contributed by atoms with Crippen LogP contribution in [0.15, 0.2) is 48.5 Å². The van der Waals surface area contributed by atoms with Crippen LogP contribution < -0.4 is 0 Å². The fourth-order valence-electron chi connectivity index (χ4n) is 3.70. The first kappa shape index (κ1) is 13.1. The Morgan fingerprint density at radius 1 is 1.05 bits per heavy atom. The molecule has 4 rings (SSSR count). The number of carbonyl (C=O) groups excluding carboxylic acids is 1. The van der Waals surface area contributed by atoms with Crippen molar-refractivity contribution >= 4 is 17.4 Å². The molecular weight excluding hydrogens is 282 g/mol. The molecule has 3 heteroatoms. The van der Waals surface area contributed by atoms with Crippen molar-refractivity contribution in [2.75, 3.05) is 13.1 Å². The number of hydrogen-bond donors (Lipinski definition) is 0. The molecule has 1 heterocycles. The molecule has 1 aliphatic carbocycles. The third-order valence-corrected chi connectivity index (χ3v) is 4.89. The predicted octanol–water partition coefficient (Wildman–Crippen LogP) is 3.75.